The monoisotopic (exact) mass is 773 g/mol. The molecule has 0 N–H and O–H groups in total. The number of benzene rings is 12. The summed E-state index contributed by atoms with van der Waals surface area (Å²) in [6.07, 6.45) is 0. The predicted octanol–water partition coefficient (Wildman–Crippen LogP) is 17.1. The SMILES string of the molecule is c1ccc2c(-c3cc(N(c4ccc(-c5cc6ccccc6c6ccccc56)cc4)c4cccc5ccccc45)ccc3-c3ccc4c(ccc5ccccc54)c3)cccc2c1. The van der Waals surface area contributed by atoms with Gasteiger partial charge in [-0.25, -0.2) is 0 Å². The van der Waals surface area contributed by atoms with Crippen molar-refractivity contribution in [1.82, 2.24) is 0 Å². The molecular weight excluding hydrogens is 735 g/mol. The average Bonchev–Trinajstić information content (AvgIpc) is 3.33. The van der Waals surface area contributed by atoms with E-state index in [2.05, 4.69) is 241 Å². The zero-order valence-corrected chi connectivity index (χ0v) is 33.5. The lowest BCUT2D eigenvalue weighted by Crippen LogP contribution is -2.11. The largest absolute Gasteiger partial charge is 0.310 e. The van der Waals surface area contributed by atoms with Crippen LogP contribution in [0.3, 0.4) is 0 Å². The van der Waals surface area contributed by atoms with E-state index in [0.717, 1.165) is 17.1 Å². The summed E-state index contributed by atoms with van der Waals surface area (Å²) in [5.74, 6) is 0. The van der Waals surface area contributed by atoms with Gasteiger partial charge in [-0.3, -0.25) is 0 Å². The molecule has 12 rings (SSSR count). The van der Waals surface area contributed by atoms with Crippen LogP contribution in [0, 0.1) is 0 Å². The molecule has 0 fully saturated rings. The highest BCUT2D eigenvalue weighted by Crippen LogP contribution is 2.45. The van der Waals surface area contributed by atoms with Crippen molar-refractivity contribution in [2.45, 2.75) is 0 Å². The highest BCUT2D eigenvalue weighted by molar-refractivity contribution is 6.14. The number of hydrogen-bond acceptors (Lipinski definition) is 1. The normalized spacial score (nSPS) is 11.6. The first-order valence-electron chi connectivity index (χ1n) is 21.1. The second kappa shape index (κ2) is 14.4. The second-order valence-electron chi connectivity index (χ2n) is 16.1. The molecule has 0 aliphatic heterocycles. The Hall–Kier alpha value is -8.00. The first-order chi connectivity index (χ1) is 30.2. The van der Waals surface area contributed by atoms with Crippen molar-refractivity contribution in [2.24, 2.45) is 0 Å². The third-order valence-electron chi connectivity index (χ3n) is 12.6. The number of fused-ring (bicyclic) bond motifs is 8. The zero-order valence-electron chi connectivity index (χ0n) is 33.5. The predicted molar refractivity (Wildman–Crippen MR) is 262 cm³/mol. The molecule has 0 bridgehead atoms. The highest BCUT2D eigenvalue weighted by atomic mass is 15.1. The Morgan fingerprint density at radius 2 is 0.721 bits per heavy atom. The molecule has 0 unspecified atom stereocenters. The fraction of sp³-hybridized carbons (Fsp3) is 0. The number of anilines is 3. The topological polar surface area (TPSA) is 3.24 Å². The van der Waals surface area contributed by atoms with Crippen LogP contribution < -0.4 is 4.90 Å². The van der Waals surface area contributed by atoms with E-state index in [0.29, 0.717) is 0 Å². The molecule has 0 aromatic heterocycles. The molecule has 0 heterocycles. The van der Waals surface area contributed by atoms with Gasteiger partial charge in [0.15, 0.2) is 0 Å². The maximum absolute atomic E-state index is 2.44. The van der Waals surface area contributed by atoms with Crippen molar-refractivity contribution >= 4 is 81.7 Å². The summed E-state index contributed by atoms with van der Waals surface area (Å²) in [6.45, 7) is 0. The fourth-order valence-electron chi connectivity index (χ4n) is 9.70. The molecule has 1 heteroatoms. The summed E-state index contributed by atoms with van der Waals surface area (Å²) in [5.41, 5.74) is 10.6. The Labute approximate surface area is 355 Å². The van der Waals surface area contributed by atoms with Gasteiger partial charge in [-0.2, -0.15) is 0 Å². The van der Waals surface area contributed by atoms with Crippen LogP contribution in [-0.4, -0.2) is 0 Å². The van der Waals surface area contributed by atoms with Crippen LogP contribution in [0.1, 0.15) is 0 Å². The molecule has 12 aromatic carbocycles. The molecule has 0 aliphatic rings. The van der Waals surface area contributed by atoms with Crippen molar-refractivity contribution in [1.29, 1.82) is 0 Å². The van der Waals surface area contributed by atoms with Gasteiger partial charge < -0.3 is 4.90 Å². The molecule has 284 valence electrons. The lowest BCUT2D eigenvalue weighted by atomic mass is 9.89. The maximum atomic E-state index is 2.44. The first-order valence-corrected chi connectivity index (χ1v) is 21.1. The van der Waals surface area contributed by atoms with Gasteiger partial charge in [0.2, 0.25) is 0 Å². The van der Waals surface area contributed by atoms with Gasteiger partial charge in [0, 0.05) is 16.8 Å². The quantitative estimate of drug-likeness (QED) is 0.152. The van der Waals surface area contributed by atoms with Crippen LogP contribution in [0.4, 0.5) is 17.1 Å². The second-order valence-corrected chi connectivity index (χ2v) is 16.1. The average molecular weight is 774 g/mol. The van der Waals surface area contributed by atoms with Gasteiger partial charge in [0.25, 0.3) is 0 Å². The van der Waals surface area contributed by atoms with Gasteiger partial charge in [-0.15, -0.1) is 0 Å². The first kappa shape index (κ1) is 35.0. The summed E-state index contributed by atoms with van der Waals surface area (Å²) in [7, 11) is 0. The Bertz CT molecular complexity index is 3640. The Kier molecular flexibility index (Phi) is 8.25. The van der Waals surface area contributed by atoms with Crippen molar-refractivity contribution in [3.63, 3.8) is 0 Å². The van der Waals surface area contributed by atoms with E-state index in [9.17, 15) is 0 Å². The minimum Gasteiger partial charge on any atom is -0.310 e. The summed E-state index contributed by atoms with van der Waals surface area (Å²) >= 11 is 0. The van der Waals surface area contributed by atoms with E-state index >= 15 is 0 Å². The van der Waals surface area contributed by atoms with Gasteiger partial charge in [-0.1, -0.05) is 194 Å². The molecule has 12 aromatic rings. The van der Waals surface area contributed by atoms with Crippen LogP contribution in [0.5, 0.6) is 0 Å². The van der Waals surface area contributed by atoms with Crippen LogP contribution in [-0.2, 0) is 0 Å². The molecular formula is C60H39N. The lowest BCUT2D eigenvalue weighted by Gasteiger charge is -2.28. The molecule has 0 spiro atoms. The van der Waals surface area contributed by atoms with E-state index in [-0.39, 0.29) is 0 Å². The maximum Gasteiger partial charge on any atom is 0.0540 e. The van der Waals surface area contributed by atoms with Crippen molar-refractivity contribution in [3.05, 3.63) is 237 Å². The van der Waals surface area contributed by atoms with Crippen LogP contribution in [0.2, 0.25) is 0 Å². The van der Waals surface area contributed by atoms with Gasteiger partial charge >= 0.3 is 0 Å². The Balaban J connectivity index is 1.07. The summed E-state index contributed by atoms with van der Waals surface area (Å²) < 4.78 is 0. The van der Waals surface area contributed by atoms with Gasteiger partial charge in [-0.05, 0) is 135 Å². The summed E-state index contributed by atoms with van der Waals surface area (Å²) in [4.78, 5) is 2.44. The van der Waals surface area contributed by atoms with E-state index in [1.807, 2.05) is 0 Å². The molecule has 61 heavy (non-hydrogen) atoms. The van der Waals surface area contributed by atoms with Crippen molar-refractivity contribution in [2.75, 3.05) is 4.90 Å². The third kappa shape index (κ3) is 5.93. The number of hydrogen-bond donors (Lipinski definition) is 0. The molecule has 0 saturated heterocycles. The molecule has 0 atom stereocenters. The summed E-state index contributed by atoms with van der Waals surface area (Å²) in [5, 5.41) is 15.0. The zero-order chi connectivity index (χ0) is 40.3. The molecule has 1 nitrogen and oxygen atoms in total. The van der Waals surface area contributed by atoms with Crippen LogP contribution >= 0.6 is 0 Å². The molecule has 0 saturated carbocycles. The van der Waals surface area contributed by atoms with Crippen molar-refractivity contribution in [3.8, 4) is 33.4 Å². The minimum atomic E-state index is 1.10. The Morgan fingerprint density at radius 1 is 0.213 bits per heavy atom. The van der Waals surface area contributed by atoms with Crippen molar-refractivity contribution < 1.29 is 0 Å². The Morgan fingerprint density at radius 3 is 1.49 bits per heavy atom. The van der Waals surface area contributed by atoms with E-state index in [1.165, 1.54) is 98.0 Å². The van der Waals surface area contributed by atoms with E-state index in [4.69, 9.17) is 0 Å². The number of nitrogens with zero attached hydrogens (tertiary/aromatic N) is 1. The third-order valence-corrected chi connectivity index (χ3v) is 12.6. The van der Waals surface area contributed by atoms with Gasteiger partial charge in [0.05, 0.1) is 5.69 Å². The van der Waals surface area contributed by atoms with Crippen LogP contribution in [0.15, 0.2) is 237 Å². The molecule has 0 radical (unpaired) electrons. The summed E-state index contributed by atoms with van der Waals surface area (Å²) in [6, 6.07) is 87.0. The molecule has 0 aliphatic carbocycles. The van der Waals surface area contributed by atoms with Gasteiger partial charge in [0.1, 0.15) is 0 Å². The molecule has 0 amide bonds. The lowest BCUT2D eigenvalue weighted by molar-refractivity contribution is 1.30. The van der Waals surface area contributed by atoms with E-state index in [1.54, 1.807) is 0 Å². The van der Waals surface area contributed by atoms with Crippen LogP contribution in [0.25, 0.3) is 98.0 Å². The van der Waals surface area contributed by atoms with E-state index < -0.39 is 0 Å². The smallest absolute Gasteiger partial charge is 0.0540 e. The minimum absolute atomic E-state index is 1.10. The fourth-order valence-corrected chi connectivity index (χ4v) is 9.70. The highest BCUT2D eigenvalue weighted by Gasteiger charge is 2.20. The standard InChI is InChI=1S/C60H39N/c1-6-20-50-40(13-1)17-11-25-56(50)59-39-48(34-36-53(59)46-31-35-52-45(37-46)28-27-42-15-2-5-19-49(42)52)61(60-26-12-18-41-14-3-8-22-54(41)60)47-32-29-43(30-33-47)58-38-44-16-4-7-21-51(44)55-23-9-10-24-57(55)58/h1-39H. The number of rotatable bonds is 6.